The third-order valence-electron chi connectivity index (χ3n) is 6.13. The summed E-state index contributed by atoms with van der Waals surface area (Å²) in [7, 11) is 0. The molecule has 36 heavy (non-hydrogen) atoms. The fraction of sp³-hybridized carbons (Fsp3) is 0.200. The van der Waals surface area contributed by atoms with Crippen molar-refractivity contribution in [2.45, 2.75) is 18.9 Å². The van der Waals surface area contributed by atoms with Gasteiger partial charge in [-0.15, -0.1) is 0 Å². The van der Waals surface area contributed by atoms with Crippen molar-refractivity contribution in [1.29, 1.82) is 0 Å². The molecule has 0 aliphatic carbocycles. The number of hydrogen-bond donors (Lipinski definition) is 2. The molecule has 1 aliphatic rings. The monoisotopic (exact) mass is 494 g/mol. The highest BCUT2D eigenvalue weighted by Crippen LogP contribution is 2.32. The van der Waals surface area contributed by atoms with Gasteiger partial charge < -0.3 is 24.4 Å². The average molecular weight is 494 g/mol. The van der Waals surface area contributed by atoms with E-state index >= 15 is 4.39 Å². The van der Waals surface area contributed by atoms with Gasteiger partial charge in [0.25, 0.3) is 0 Å². The Hall–Kier alpha value is -4.54. The Morgan fingerprint density at radius 3 is 2.58 bits per heavy atom. The van der Waals surface area contributed by atoms with Crippen molar-refractivity contribution in [3.05, 3.63) is 82.4 Å². The summed E-state index contributed by atoms with van der Waals surface area (Å²) < 4.78 is 37.0. The van der Waals surface area contributed by atoms with Gasteiger partial charge >= 0.3 is 12.0 Å². The van der Waals surface area contributed by atoms with E-state index in [1.165, 1.54) is 22.8 Å². The largest absolute Gasteiger partial charge is 0.508 e. The lowest BCUT2D eigenvalue weighted by atomic mass is 10.1. The first-order chi connectivity index (χ1) is 17.3. The first-order valence-electron chi connectivity index (χ1n) is 11.1. The summed E-state index contributed by atoms with van der Waals surface area (Å²) in [5.74, 6) is -3.42. The molecule has 1 saturated heterocycles. The summed E-state index contributed by atoms with van der Waals surface area (Å²) in [5.41, 5.74) is -1.36. The lowest BCUT2D eigenvalue weighted by Gasteiger charge is -2.27. The maximum atomic E-state index is 15.4. The van der Waals surface area contributed by atoms with Gasteiger partial charge in [-0.25, -0.2) is 23.5 Å². The number of aromatic nitrogens is 3. The molecular formula is C25H20F2N4O5. The van der Waals surface area contributed by atoms with Gasteiger partial charge in [0.1, 0.15) is 23.7 Å². The highest BCUT2D eigenvalue weighted by atomic mass is 19.1. The molecule has 0 spiro atoms. The van der Waals surface area contributed by atoms with Crippen LogP contribution in [0.3, 0.4) is 0 Å². The number of nitrogens with zero attached hydrogens (tertiary/aromatic N) is 4. The Kier molecular flexibility index (Phi) is 5.96. The minimum Gasteiger partial charge on any atom is -0.508 e. The molecule has 184 valence electrons. The number of rotatable bonds is 6. The van der Waals surface area contributed by atoms with Crippen LogP contribution in [0, 0.1) is 11.6 Å². The molecule has 3 heterocycles. The van der Waals surface area contributed by atoms with Gasteiger partial charge in [0.15, 0.2) is 5.82 Å². The molecule has 0 amide bonds. The summed E-state index contributed by atoms with van der Waals surface area (Å²) in [6.45, 7) is 0.704. The first kappa shape index (κ1) is 23.2. The Labute approximate surface area is 202 Å². The Morgan fingerprint density at radius 2 is 1.86 bits per heavy atom. The van der Waals surface area contributed by atoms with Gasteiger partial charge in [-0.1, -0.05) is 0 Å². The summed E-state index contributed by atoms with van der Waals surface area (Å²) in [6, 6.07) is 7.36. The highest BCUT2D eigenvalue weighted by molar-refractivity contribution is 5.94. The maximum absolute atomic E-state index is 15.4. The van der Waals surface area contributed by atoms with E-state index in [-0.39, 0.29) is 46.7 Å². The Balaban J connectivity index is 1.63. The third kappa shape index (κ3) is 4.19. The molecule has 1 atom stereocenters. The normalized spacial score (nSPS) is 15.4. The topological polar surface area (TPSA) is 118 Å². The molecule has 1 fully saturated rings. The molecule has 1 aliphatic heterocycles. The van der Waals surface area contributed by atoms with Gasteiger partial charge in [-0.2, -0.15) is 0 Å². The standard InChI is InChI=1S/C25H20F2N4O5/c26-18-9-15(32)4-5-20(18)31-12-17(24(34)35)23(33)16-10-19(27)22(11-21(16)31)30-8-1-3-14(30)13-36-25-28-6-2-7-29-25/h2,4-7,9-12,14,32H,1,3,8,13H2,(H,34,35)/t14-/m1/s1. The summed E-state index contributed by atoms with van der Waals surface area (Å²) in [4.78, 5) is 34.4. The predicted octanol–water partition coefficient (Wildman–Crippen LogP) is 3.51. The number of hydrogen-bond acceptors (Lipinski definition) is 7. The van der Waals surface area contributed by atoms with Crippen LogP contribution in [0.4, 0.5) is 14.5 Å². The number of carboxylic acid groups (broad SMARTS) is 1. The lowest BCUT2D eigenvalue weighted by molar-refractivity contribution is 0.0695. The van der Waals surface area contributed by atoms with Gasteiger partial charge in [0.2, 0.25) is 5.43 Å². The van der Waals surface area contributed by atoms with E-state index < -0.39 is 28.6 Å². The van der Waals surface area contributed by atoms with Gasteiger partial charge in [-0.05, 0) is 43.2 Å². The van der Waals surface area contributed by atoms with Gasteiger partial charge in [0.05, 0.1) is 22.9 Å². The summed E-state index contributed by atoms with van der Waals surface area (Å²) in [6.07, 6.45) is 5.57. The fourth-order valence-corrected chi connectivity index (χ4v) is 4.45. The van der Waals surface area contributed by atoms with Crippen molar-refractivity contribution >= 4 is 22.6 Å². The number of fused-ring (bicyclic) bond motifs is 1. The molecule has 4 aromatic rings. The van der Waals surface area contributed by atoms with E-state index in [1.54, 1.807) is 23.4 Å². The molecular weight excluding hydrogens is 474 g/mol. The zero-order valence-electron chi connectivity index (χ0n) is 18.8. The van der Waals surface area contributed by atoms with Crippen LogP contribution in [0.2, 0.25) is 0 Å². The average Bonchev–Trinajstić information content (AvgIpc) is 3.32. The molecule has 9 nitrogen and oxygen atoms in total. The molecule has 5 rings (SSSR count). The molecule has 0 bridgehead atoms. The fourth-order valence-electron chi connectivity index (χ4n) is 4.45. The van der Waals surface area contributed by atoms with Crippen molar-refractivity contribution < 1.29 is 28.5 Å². The third-order valence-corrected chi connectivity index (χ3v) is 6.13. The molecule has 0 radical (unpaired) electrons. The van der Waals surface area contributed by atoms with Crippen LogP contribution in [0.5, 0.6) is 11.8 Å². The van der Waals surface area contributed by atoms with E-state index in [0.29, 0.717) is 13.0 Å². The van der Waals surface area contributed by atoms with E-state index in [1.807, 2.05) is 0 Å². The number of carboxylic acids is 1. The van der Waals surface area contributed by atoms with Crippen molar-refractivity contribution in [3.8, 4) is 17.4 Å². The van der Waals surface area contributed by atoms with Crippen molar-refractivity contribution in [2.24, 2.45) is 0 Å². The van der Waals surface area contributed by atoms with Crippen LogP contribution in [0.25, 0.3) is 16.6 Å². The zero-order valence-corrected chi connectivity index (χ0v) is 18.8. The second-order valence-corrected chi connectivity index (χ2v) is 8.34. The van der Waals surface area contributed by atoms with E-state index in [2.05, 4.69) is 9.97 Å². The lowest BCUT2D eigenvalue weighted by Crippen LogP contribution is -2.35. The quantitative estimate of drug-likeness (QED) is 0.418. The number of aromatic carboxylic acids is 1. The van der Waals surface area contributed by atoms with Crippen molar-refractivity contribution in [3.63, 3.8) is 0 Å². The van der Waals surface area contributed by atoms with Crippen LogP contribution in [0.1, 0.15) is 23.2 Å². The number of anilines is 1. The number of pyridine rings is 1. The van der Waals surface area contributed by atoms with Crippen LogP contribution >= 0.6 is 0 Å². The maximum Gasteiger partial charge on any atom is 0.341 e. The SMILES string of the molecule is O=C(O)c1cn(-c2ccc(O)cc2F)c2cc(N3CCC[C@@H]3COc3ncccn3)c(F)cc2c1=O. The minimum atomic E-state index is -1.53. The smallest absolute Gasteiger partial charge is 0.341 e. The molecule has 0 saturated carbocycles. The number of carbonyl (C=O) groups is 1. The number of aromatic hydroxyl groups is 1. The highest BCUT2D eigenvalue weighted by Gasteiger charge is 2.29. The zero-order chi connectivity index (χ0) is 25.4. The molecule has 11 heteroatoms. The molecule has 2 N–H and O–H groups in total. The molecule has 2 aromatic heterocycles. The molecule has 0 unspecified atom stereocenters. The summed E-state index contributed by atoms with van der Waals surface area (Å²) >= 11 is 0. The number of benzene rings is 2. The summed E-state index contributed by atoms with van der Waals surface area (Å²) in [5, 5.41) is 18.9. The Morgan fingerprint density at radius 1 is 1.11 bits per heavy atom. The molecule has 2 aromatic carbocycles. The number of phenolic OH excluding ortho intramolecular Hbond substituents is 1. The van der Waals surface area contributed by atoms with E-state index in [0.717, 1.165) is 24.8 Å². The van der Waals surface area contributed by atoms with Crippen LogP contribution < -0.4 is 15.1 Å². The van der Waals surface area contributed by atoms with E-state index in [9.17, 15) is 24.2 Å². The predicted molar refractivity (Wildman–Crippen MR) is 126 cm³/mol. The van der Waals surface area contributed by atoms with Crippen LogP contribution in [-0.4, -0.2) is 49.9 Å². The number of phenols is 1. The van der Waals surface area contributed by atoms with Crippen molar-refractivity contribution in [2.75, 3.05) is 18.1 Å². The first-order valence-corrected chi connectivity index (χ1v) is 11.1. The van der Waals surface area contributed by atoms with Gasteiger partial charge in [0, 0.05) is 36.6 Å². The van der Waals surface area contributed by atoms with Crippen molar-refractivity contribution in [1.82, 2.24) is 14.5 Å². The van der Waals surface area contributed by atoms with Gasteiger partial charge in [-0.3, -0.25) is 4.79 Å². The number of halogens is 2. The number of ether oxygens (including phenoxy) is 1. The van der Waals surface area contributed by atoms with Crippen LogP contribution in [0.15, 0.2) is 59.8 Å². The Bertz CT molecular complexity index is 1530. The second kappa shape index (κ2) is 9.25. The second-order valence-electron chi connectivity index (χ2n) is 8.34. The minimum absolute atomic E-state index is 0.111. The van der Waals surface area contributed by atoms with E-state index in [4.69, 9.17) is 4.74 Å². The van der Waals surface area contributed by atoms with Crippen LogP contribution in [-0.2, 0) is 0 Å².